The number of ketones is 1. The zero-order chi connectivity index (χ0) is 41.7. The molecule has 0 aliphatic rings. The van der Waals surface area contributed by atoms with E-state index < -0.39 is 0 Å². The van der Waals surface area contributed by atoms with Crippen LogP contribution in [0.3, 0.4) is 0 Å². The number of Topliss-reactive ketones (excluding diaryl/α,β-unsaturated/α-hetero) is 1. The molecular formula is C52H100O5. The summed E-state index contributed by atoms with van der Waals surface area (Å²) in [5.74, 6) is 0.833. The normalized spacial score (nSPS) is 13.1. The SMILES string of the molecule is CCCCCCC(O)CCCCCCCCCCC(=O)C(CCCCCC)CCCCCCCCCCC(=O)OC(CCCC)CCCCCCCCCCC=O. The fourth-order valence-electron chi connectivity index (χ4n) is 8.50. The molecule has 0 fully saturated rings. The molecular weight excluding hydrogens is 705 g/mol. The third-order valence-electron chi connectivity index (χ3n) is 12.4. The molecule has 1 N–H and O–H groups in total. The number of unbranched alkanes of at least 4 members (excludes halogenated alkanes) is 29. The summed E-state index contributed by atoms with van der Waals surface area (Å²) < 4.78 is 5.95. The monoisotopic (exact) mass is 805 g/mol. The van der Waals surface area contributed by atoms with Crippen LogP contribution in [0.5, 0.6) is 0 Å². The van der Waals surface area contributed by atoms with Gasteiger partial charge in [-0.1, -0.05) is 213 Å². The smallest absolute Gasteiger partial charge is 0.306 e. The number of ether oxygens (including phenoxy) is 1. The lowest BCUT2D eigenvalue weighted by molar-refractivity contribution is -0.150. The summed E-state index contributed by atoms with van der Waals surface area (Å²) in [6.45, 7) is 6.70. The van der Waals surface area contributed by atoms with E-state index in [1.165, 1.54) is 167 Å². The number of hydrogen-bond donors (Lipinski definition) is 1. The molecule has 0 aromatic heterocycles. The van der Waals surface area contributed by atoms with Gasteiger partial charge in [-0.15, -0.1) is 0 Å². The van der Waals surface area contributed by atoms with Gasteiger partial charge < -0.3 is 14.6 Å². The minimum absolute atomic E-state index is 0.00707. The van der Waals surface area contributed by atoms with Crippen LogP contribution in [0, 0.1) is 5.92 Å². The van der Waals surface area contributed by atoms with Crippen molar-refractivity contribution >= 4 is 18.0 Å². The number of carbonyl (C=O) groups excluding carboxylic acids is 3. The summed E-state index contributed by atoms with van der Waals surface area (Å²) in [6.07, 6.45) is 50.4. The minimum Gasteiger partial charge on any atom is -0.462 e. The number of aliphatic hydroxyl groups excluding tert-OH is 1. The quantitative estimate of drug-likeness (QED) is 0.0376. The summed E-state index contributed by atoms with van der Waals surface area (Å²) in [6, 6.07) is 0. The zero-order valence-corrected chi connectivity index (χ0v) is 38.8. The van der Waals surface area contributed by atoms with Crippen molar-refractivity contribution < 1.29 is 24.2 Å². The highest BCUT2D eigenvalue weighted by molar-refractivity contribution is 5.80. The molecule has 0 bridgehead atoms. The first-order valence-electron chi connectivity index (χ1n) is 25.8. The fourth-order valence-corrected chi connectivity index (χ4v) is 8.50. The Labute approximate surface area is 356 Å². The van der Waals surface area contributed by atoms with Gasteiger partial charge >= 0.3 is 5.97 Å². The Morgan fingerprint density at radius 2 is 0.772 bits per heavy atom. The molecule has 0 aromatic carbocycles. The van der Waals surface area contributed by atoms with Crippen LogP contribution in [0.1, 0.15) is 297 Å². The van der Waals surface area contributed by atoms with Gasteiger partial charge in [0.1, 0.15) is 18.2 Å². The molecule has 338 valence electrons. The Morgan fingerprint density at radius 3 is 1.23 bits per heavy atom. The standard InChI is InChI=1S/C52H100O5/c1-4-7-10-31-39-48(51(55)45-36-28-22-16-15-20-26-34-42-49(54)41-33-11-8-5-2)40-32-25-19-14-17-23-29-37-46-52(56)57-50(43-9-6-3)44-35-27-21-13-12-18-24-30-38-47-53/h47-50,54H,4-46H2,1-3H3. The summed E-state index contributed by atoms with van der Waals surface area (Å²) in [5.41, 5.74) is 0. The van der Waals surface area contributed by atoms with E-state index in [0.29, 0.717) is 18.6 Å². The second kappa shape index (κ2) is 45.8. The van der Waals surface area contributed by atoms with E-state index in [1.807, 2.05) is 0 Å². The fraction of sp³-hybridized carbons (Fsp3) is 0.942. The average Bonchev–Trinajstić information content (AvgIpc) is 3.21. The van der Waals surface area contributed by atoms with Crippen LogP contribution in [0.2, 0.25) is 0 Å². The van der Waals surface area contributed by atoms with Crippen LogP contribution in [0.25, 0.3) is 0 Å². The summed E-state index contributed by atoms with van der Waals surface area (Å²) in [7, 11) is 0. The predicted molar refractivity (Wildman–Crippen MR) is 246 cm³/mol. The Morgan fingerprint density at radius 1 is 0.421 bits per heavy atom. The van der Waals surface area contributed by atoms with Gasteiger partial charge in [-0.25, -0.2) is 0 Å². The van der Waals surface area contributed by atoms with Crippen molar-refractivity contribution in [3.63, 3.8) is 0 Å². The van der Waals surface area contributed by atoms with Crippen LogP contribution >= 0.6 is 0 Å². The highest BCUT2D eigenvalue weighted by Gasteiger charge is 2.18. The van der Waals surface area contributed by atoms with E-state index in [1.54, 1.807) is 0 Å². The van der Waals surface area contributed by atoms with Gasteiger partial charge in [0, 0.05) is 25.2 Å². The third-order valence-corrected chi connectivity index (χ3v) is 12.4. The van der Waals surface area contributed by atoms with Gasteiger partial charge in [0.15, 0.2) is 0 Å². The van der Waals surface area contributed by atoms with Gasteiger partial charge in [0.25, 0.3) is 0 Å². The first-order chi connectivity index (χ1) is 28.0. The summed E-state index contributed by atoms with van der Waals surface area (Å²) in [5, 5.41) is 10.2. The van der Waals surface area contributed by atoms with Crippen LogP contribution in [0.4, 0.5) is 0 Å². The first-order valence-corrected chi connectivity index (χ1v) is 25.8. The van der Waals surface area contributed by atoms with Crippen molar-refractivity contribution in [1.82, 2.24) is 0 Å². The number of rotatable bonds is 48. The van der Waals surface area contributed by atoms with Crippen LogP contribution in [-0.4, -0.2) is 35.4 Å². The summed E-state index contributed by atoms with van der Waals surface area (Å²) in [4.78, 5) is 36.3. The molecule has 0 amide bonds. The first kappa shape index (κ1) is 55.8. The average molecular weight is 805 g/mol. The van der Waals surface area contributed by atoms with E-state index >= 15 is 0 Å². The molecule has 0 spiro atoms. The van der Waals surface area contributed by atoms with Crippen LogP contribution < -0.4 is 0 Å². The van der Waals surface area contributed by atoms with Gasteiger partial charge in [-0.2, -0.15) is 0 Å². The van der Waals surface area contributed by atoms with E-state index in [2.05, 4.69) is 20.8 Å². The van der Waals surface area contributed by atoms with Crippen molar-refractivity contribution in [2.24, 2.45) is 5.92 Å². The Hall–Kier alpha value is -1.23. The van der Waals surface area contributed by atoms with E-state index in [-0.39, 0.29) is 24.1 Å². The molecule has 3 atom stereocenters. The molecule has 0 saturated heterocycles. The molecule has 5 nitrogen and oxygen atoms in total. The topological polar surface area (TPSA) is 80.7 Å². The second-order valence-corrected chi connectivity index (χ2v) is 18.1. The van der Waals surface area contributed by atoms with Crippen molar-refractivity contribution in [1.29, 1.82) is 0 Å². The maximum absolute atomic E-state index is 13.2. The van der Waals surface area contributed by atoms with E-state index in [4.69, 9.17) is 4.74 Å². The molecule has 0 saturated carbocycles. The number of carbonyl (C=O) groups is 3. The maximum atomic E-state index is 13.2. The highest BCUT2D eigenvalue weighted by atomic mass is 16.5. The molecule has 0 aromatic rings. The lowest BCUT2D eigenvalue weighted by Gasteiger charge is -2.18. The lowest BCUT2D eigenvalue weighted by Crippen LogP contribution is -2.18. The maximum Gasteiger partial charge on any atom is 0.306 e. The number of esters is 1. The van der Waals surface area contributed by atoms with Crippen molar-refractivity contribution in [2.75, 3.05) is 0 Å². The van der Waals surface area contributed by atoms with Gasteiger partial charge in [0.2, 0.25) is 0 Å². The largest absolute Gasteiger partial charge is 0.462 e. The molecule has 3 unspecified atom stereocenters. The molecule has 0 aliphatic heterocycles. The van der Waals surface area contributed by atoms with Crippen molar-refractivity contribution in [2.45, 2.75) is 309 Å². The van der Waals surface area contributed by atoms with E-state index in [9.17, 15) is 19.5 Å². The van der Waals surface area contributed by atoms with Crippen LogP contribution in [0.15, 0.2) is 0 Å². The lowest BCUT2D eigenvalue weighted by atomic mass is 9.88. The van der Waals surface area contributed by atoms with Crippen molar-refractivity contribution in [3.05, 3.63) is 0 Å². The Kier molecular flexibility index (Phi) is 44.9. The number of hydrogen-bond acceptors (Lipinski definition) is 5. The molecule has 0 rings (SSSR count). The van der Waals surface area contributed by atoms with E-state index in [0.717, 1.165) is 103 Å². The third kappa shape index (κ3) is 41.3. The molecule has 5 heteroatoms. The molecule has 0 radical (unpaired) electrons. The molecule has 57 heavy (non-hydrogen) atoms. The summed E-state index contributed by atoms with van der Waals surface area (Å²) >= 11 is 0. The van der Waals surface area contributed by atoms with Crippen LogP contribution in [-0.2, 0) is 19.1 Å². The highest BCUT2D eigenvalue weighted by Crippen LogP contribution is 2.23. The number of aliphatic hydroxyl groups is 1. The van der Waals surface area contributed by atoms with Crippen molar-refractivity contribution in [3.8, 4) is 0 Å². The molecule has 0 aliphatic carbocycles. The second-order valence-electron chi connectivity index (χ2n) is 18.1. The van der Waals surface area contributed by atoms with Gasteiger partial charge in [0.05, 0.1) is 6.10 Å². The Balaban J connectivity index is 4.02. The van der Waals surface area contributed by atoms with Gasteiger partial charge in [-0.3, -0.25) is 9.59 Å². The predicted octanol–water partition coefficient (Wildman–Crippen LogP) is 16.5. The number of aldehydes is 1. The van der Waals surface area contributed by atoms with Gasteiger partial charge in [-0.05, 0) is 64.2 Å². The molecule has 0 heterocycles. The minimum atomic E-state index is -0.0887. The Bertz CT molecular complexity index is 842. The zero-order valence-electron chi connectivity index (χ0n) is 38.8.